The quantitative estimate of drug-likeness (QED) is 0.409. The highest BCUT2D eigenvalue weighted by molar-refractivity contribution is 5.19. The summed E-state index contributed by atoms with van der Waals surface area (Å²) in [5.41, 5.74) is 2.16. The van der Waals surface area contributed by atoms with Gasteiger partial charge in [-0.25, -0.2) is 0 Å². The Hall–Kier alpha value is -0.0800. The first kappa shape index (κ1) is 25.6. The number of hydrogen-bond donors (Lipinski definition) is 0. The Morgan fingerprint density at radius 2 is 1.47 bits per heavy atom. The summed E-state index contributed by atoms with van der Waals surface area (Å²) >= 11 is 0. The molecule has 0 unspecified atom stereocenters. The van der Waals surface area contributed by atoms with Crippen LogP contribution in [0.4, 0.5) is 0 Å². The summed E-state index contributed by atoms with van der Waals surface area (Å²) in [5.74, 6) is 5.11. The van der Waals surface area contributed by atoms with Crippen LogP contribution in [0.15, 0.2) is 0 Å². The number of methoxy groups -OCH3 is 2. The average Bonchev–Trinajstić information content (AvgIpc) is 3.14. The van der Waals surface area contributed by atoms with E-state index in [9.17, 15) is 0 Å². The molecule has 0 aromatic carbocycles. The van der Waals surface area contributed by atoms with Crippen molar-refractivity contribution in [2.24, 2.45) is 62.6 Å². The van der Waals surface area contributed by atoms with Gasteiger partial charge in [-0.2, -0.15) is 0 Å². The minimum absolute atomic E-state index is 0.287. The summed E-state index contributed by atoms with van der Waals surface area (Å²) in [4.78, 5) is 0. The topological polar surface area (TPSA) is 18.5 Å². The van der Waals surface area contributed by atoms with Crippen LogP contribution >= 0.6 is 0 Å². The Bertz CT molecular complexity index is 773. The number of fused-ring (bicyclic) bond motifs is 7. The van der Waals surface area contributed by atoms with Crippen molar-refractivity contribution in [3.05, 3.63) is 0 Å². The minimum atomic E-state index is 0.287. The molecule has 0 bridgehead atoms. The lowest BCUT2D eigenvalue weighted by Gasteiger charge is -2.73. The first-order valence-corrected chi connectivity index (χ1v) is 14.9. The first-order chi connectivity index (χ1) is 15.9. The van der Waals surface area contributed by atoms with Crippen LogP contribution in [-0.4, -0.2) is 26.9 Å². The van der Waals surface area contributed by atoms with Crippen LogP contribution < -0.4 is 0 Å². The van der Waals surface area contributed by atoms with E-state index in [0.717, 1.165) is 42.1 Å². The van der Waals surface area contributed by atoms with Crippen molar-refractivity contribution in [1.29, 1.82) is 0 Å². The van der Waals surface area contributed by atoms with Crippen molar-refractivity contribution < 1.29 is 9.47 Å². The van der Waals surface area contributed by atoms with E-state index in [-0.39, 0.29) is 5.41 Å². The molecule has 0 aromatic rings. The van der Waals surface area contributed by atoms with Gasteiger partial charge >= 0.3 is 0 Å². The van der Waals surface area contributed by atoms with Crippen LogP contribution in [0.25, 0.3) is 0 Å². The maximum atomic E-state index is 6.07. The van der Waals surface area contributed by atoms with Gasteiger partial charge < -0.3 is 9.47 Å². The molecule has 10 atom stereocenters. The summed E-state index contributed by atoms with van der Waals surface area (Å²) in [7, 11) is 3.91. The maximum absolute atomic E-state index is 6.07. The molecule has 0 aliphatic heterocycles. The molecule has 5 aliphatic rings. The van der Waals surface area contributed by atoms with Gasteiger partial charge in [0.1, 0.15) is 0 Å². The molecular weight excluding hydrogens is 416 g/mol. The SMILES string of the molecule is COC[C@]12CC[C@@H](C(C)C)[C@@H]1[C@H]1CC[C@@H]3[C@@]4(C)CC[C@H](OC)C(C)(C)[C@@H]4CC[C@@]3(C)[C@]1(C)CC2. The Morgan fingerprint density at radius 1 is 0.735 bits per heavy atom. The van der Waals surface area contributed by atoms with E-state index in [1.807, 2.05) is 14.2 Å². The van der Waals surface area contributed by atoms with Gasteiger partial charge in [0.2, 0.25) is 0 Å². The highest BCUT2D eigenvalue weighted by Crippen LogP contribution is 2.77. The Balaban J connectivity index is 1.52. The van der Waals surface area contributed by atoms with Crippen molar-refractivity contribution in [3.8, 4) is 0 Å². The molecule has 0 spiro atoms. The lowest BCUT2D eigenvalue weighted by atomic mass is 9.32. The lowest BCUT2D eigenvalue weighted by molar-refractivity contribution is -0.253. The highest BCUT2D eigenvalue weighted by Gasteiger charge is 2.70. The molecule has 5 fully saturated rings. The van der Waals surface area contributed by atoms with Crippen LogP contribution in [0.5, 0.6) is 0 Å². The summed E-state index contributed by atoms with van der Waals surface area (Å²) in [6, 6.07) is 0. The fourth-order valence-electron chi connectivity index (χ4n) is 12.5. The minimum Gasteiger partial charge on any atom is -0.384 e. The van der Waals surface area contributed by atoms with Gasteiger partial charge in [0, 0.05) is 14.2 Å². The van der Waals surface area contributed by atoms with Crippen molar-refractivity contribution in [1.82, 2.24) is 0 Å². The largest absolute Gasteiger partial charge is 0.384 e. The second kappa shape index (κ2) is 8.21. The van der Waals surface area contributed by atoms with Crippen LogP contribution in [0, 0.1) is 62.6 Å². The summed E-state index contributed by atoms with van der Waals surface area (Å²) < 4.78 is 12.0. The predicted octanol–water partition coefficient (Wildman–Crippen LogP) is 8.39. The van der Waals surface area contributed by atoms with E-state index in [2.05, 4.69) is 48.5 Å². The summed E-state index contributed by atoms with van der Waals surface area (Å²) in [5, 5.41) is 0. The Morgan fingerprint density at radius 3 is 2.12 bits per heavy atom. The zero-order valence-electron chi connectivity index (χ0n) is 24.1. The summed E-state index contributed by atoms with van der Waals surface area (Å²) in [6.07, 6.45) is 14.5. The van der Waals surface area contributed by atoms with E-state index in [1.54, 1.807) is 0 Å². The second-order valence-electron chi connectivity index (χ2n) is 15.5. The van der Waals surface area contributed by atoms with E-state index >= 15 is 0 Å². The zero-order valence-corrected chi connectivity index (χ0v) is 24.1. The third-order valence-corrected chi connectivity index (χ3v) is 14.2. The molecule has 5 aliphatic carbocycles. The van der Waals surface area contributed by atoms with Gasteiger partial charge in [0.15, 0.2) is 0 Å². The lowest BCUT2D eigenvalue weighted by Crippen LogP contribution is -2.67. The molecule has 2 heteroatoms. The Labute approximate surface area is 211 Å². The molecule has 2 nitrogen and oxygen atoms in total. The molecule has 0 amide bonds. The van der Waals surface area contributed by atoms with E-state index in [0.29, 0.717) is 27.8 Å². The number of hydrogen-bond acceptors (Lipinski definition) is 2. The molecular formula is C32H56O2. The highest BCUT2D eigenvalue weighted by atomic mass is 16.5. The van der Waals surface area contributed by atoms with Crippen LogP contribution in [0.3, 0.4) is 0 Å². The Kier molecular flexibility index (Phi) is 6.17. The van der Waals surface area contributed by atoms with Crippen molar-refractivity contribution in [2.45, 2.75) is 119 Å². The fraction of sp³-hybridized carbons (Fsp3) is 1.00. The van der Waals surface area contributed by atoms with Gasteiger partial charge in [0.05, 0.1) is 12.7 Å². The van der Waals surface area contributed by atoms with E-state index < -0.39 is 0 Å². The molecule has 0 heterocycles. The molecule has 0 N–H and O–H groups in total. The smallest absolute Gasteiger partial charge is 0.0625 e. The van der Waals surface area contributed by atoms with Crippen molar-refractivity contribution in [2.75, 3.05) is 20.8 Å². The van der Waals surface area contributed by atoms with Gasteiger partial charge in [-0.15, -0.1) is 0 Å². The number of rotatable bonds is 4. The van der Waals surface area contributed by atoms with Gasteiger partial charge in [-0.05, 0) is 127 Å². The van der Waals surface area contributed by atoms with Crippen LogP contribution in [0.1, 0.15) is 113 Å². The predicted molar refractivity (Wildman–Crippen MR) is 142 cm³/mol. The first-order valence-electron chi connectivity index (χ1n) is 14.9. The van der Waals surface area contributed by atoms with Crippen molar-refractivity contribution >= 4 is 0 Å². The van der Waals surface area contributed by atoms with Gasteiger partial charge in [0.25, 0.3) is 0 Å². The molecule has 34 heavy (non-hydrogen) atoms. The maximum Gasteiger partial charge on any atom is 0.0625 e. The molecule has 196 valence electrons. The normalized spacial score (nSPS) is 54.2. The zero-order chi connectivity index (χ0) is 24.7. The molecule has 5 saturated carbocycles. The molecule has 0 radical (unpaired) electrons. The fourth-order valence-corrected chi connectivity index (χ4v) is 12.5. The number of ether oxygens (including phenoxy) is 2. The standard InChI is InChI=1S/C32H56O2/c1-21(2)22-12-17-32(20-33-8)19-18-30(6)23(27(22)32)10-11-25-29(5)15-14-26(34-9)28(3,4)24(29)13-16-31(25,30)7/h21-27H,10-20H2,1-9H3/t22-,23+,24-,25+,26-,27+,29-,30+,31+,32+/m0/s1. The average molecular weight is 473 g/mol. The third-order valence-electron chi connectivity index (χ3n) is 14.2. The van der Waals surface area contributed by atoms with Gasteiger partial charge in [-0.3, -0.25) is 0 Å². The van der Waals surface area contributed by atoms with Crippen LogP contribution in [0.2, 0.25) is 0 Å². The molecule has 5 rings (SSSR count). The van der Waals surface area contributed by atoms with E-state index in [1.165, 1.54) is 64.2 Å². The van der Waals surface area contributed by atoms with Crippen molar-refractivity contribution in [3.63, 3.8) is 0 Å². The summed E-state index contributed by atoms with van der Waals surface area (Å²) in [6.45, 7) is 19.4. The van der Waals surface area contributed by atoms with Gasteiger partial charge in [-0.1, -0.05) is 48.5 Å². The monoisotopic (exact) mass is 472 g/mol. The molecule has 0 aromatic heterocycles. The molecule has 0 saturated heterocycles. The van der Waals surface area contributed by atoms with E-state index in [4.69, 9.17) is 9.47 Å². The third kappa shape index (κ3) is 3.12. The second-order valence-corrected chi connectivity index (χ2v) is 15.5. The van der Waals surface area contributed by atoms with Crippen LogP contribution in [-0.2, 0) is 9.47 Å².